The van der Waals surface area contributed by atoms with Crippen LogP contribution in [0.15, 0.2) is 0 Å². The minimum atomic E-state index is 0.237. The van der Waals surface area contributed by atoms with E-state index >= 15 is 0 Å². The molecule has 0 spiro atoms. The maximum Gasteiger partial charge on any atom is 0.0307 e. The summed E-state index contributed by atoms with van der Waals surface area (Å²) in [7, 11) is 2.23. The third kappa shape index (κ3) is 2.83. The van der Waals surface area contributed by atoms with Gasteiger partial charge in [0.25, 0.3) is 0 Å². The molecule has 100 valence electrons. The van der Waals surface area contributed by atoms with E-state index in [1.54, 1.807) is 0 Å². The Labute approximate surface area is 106 Å². The highest BCUT2D eigenvalue weighted by Gasteiger charge is 2.37. The Balaban J connectivity index is 1.96. The van der Waals surface area contributed by atoms with Crippen LogP contribution in [-0.2, 0) is 0 Å². The number of hydrogen-bond donors (Lipinski definition) is 1. The molecule has 0 aromatic carbocycles. The Hall–Kier alpha value is -0.120. The lowest BCUT2D eigenvalue weighted by atomic mass is 9.75. The Bertz CT molecular complexity index is 252. The van der Waals surface area contributed by atoms with Gasteiger partial charge in [-0.15, -0.1) is 0 Å². The summed E-state index contributed by atoms with van der Waals surface area (Å²) in [6.07, 6.45) is 5.60. The van der Waals surface area contributed by atoms with E-state index in [1.807, 2.05) is 0 Å². The van der Waals surface area contributed by atoms with Crippen LogP contribution in [0.5, 0.6) is 0 Å². The van der Waals surface area contributed by atoms with Gasteiger partial charge in [-0.05, 0) is 33.2 Å². The van der Waals surface area contributed by atoms with Crippen molar-refractivity contribution in [1.29, 1.82) is 0 Å². The van der Waals surface area contributed by atoms with Crippen LogP contribution in [-0.4, -0.2) is 54.6 Å². The molecule has 0 bridgehead atoms. The summed E-state index contributed by atoms with van der Waals surface area (Å²) in [5.74, 6) is 0.943. The van der Waals surface area contributed by atoms with Gasteiger partial charge in [0, 0.05) is 37.8 Å². The normalized spacial score (nSPS) is 32.1. The fourth-order valence-corrected chi connectivity index (χ4v) is 3.20. The van der Waals surface area contributed by atoms with E-state index in [1.165, 1.54) is 45.3 Å². The standard InChI is InChI=1S/C14H29N3/c1-12-10-17(8-7-16(12)3)14(2,11-15)9-13-5-4-6-13/h12-13H,4-11,15H2,1-3H3. The lowest BCUT2D eigenvalue weighted by Gasteiger charge is -2.49. The number of rotatable bonds is 4. The molecule has 1 aliphatic heterocycles. The van der Waals surface area contributed by atoms with Crippen LogP contribution < -0.4 is 5.73 Å². The third-order valence-corrected chi connectivity index (χ3v) is 5.12. The molecule has 1 heterocycles. The van der Waals surface area contributed by atoms with Gasteiger partial charge < -0.3 is 10.6 Å². The molecule has 0 radical (unpaired) electrons. The van der Waals surface area contributed by atoms with Gasteiger partial charge in [0.05, 0.1) is 0 Å². The molecule has 0 amide bonds. The van der Waals surface area contributed by atoms with Crippen molar-refractivity contribution < 1.29 is 0 Å². The summed E-state index contributed by atoms with van der Waals surface area (Å²) in [5, 5.41) is 0. The second kappa shape index (κ2) is 5.25. The maximum atomic E-state index is 6.09. The minimum absolute atomic E-state index is 0.237. The molecule has 2 aliphatic rings. The van der Waals surface area contributed by atoms with Crippen molar-refractivity contribution in [2.45, 2.75) is 51.1 Å². The van der Waals surface area contributed by atoms with E-state index in [0.29, 0.717) is 6.04 Å². The quantitative estimate of drug-likeness (QED) is 0.807. The fourth-order valence-electron chi connectivity index (χ4n) is 3.20. The predicted molar refractivity (Wildman–Crippen MR) is 73.1 cm³/mol. The smallest absolute Gasteiger partial charge is 0.0307 e. The summed E-state index contributed by atoms with van der Waals surface area (Å²) in [6, 6.07) is 0.663. The molecule has 3 heteroatoms. The summed E-state index contributed by atoms with van der Waals surface area (Å²) in [4.78, 5) is 5.10. The maximum absolute atomic E-state index is 6.09. The van der Waals surface area contributed by atoms with Crippen molar-refractivity contribution in [3.05, 3.63) is 0 Å². The molecule has 1 saturated carbocycles. The van der Waals surface area contributed by atoms with Crippen molar-refractivity contribution in [2.24, 2.45) is 11.7 Å². The highest BCUT2D eigenvalue weighted by atomic mass is 15.3. The molecule has 2 rings (SSSR count). The van der Waals surface area contributed by atoms with Crippen LogP contribution in [0.3, 0.4) is 0 Å². The molecule has 2 N–H and O–H groups in total. The molecule has 2 atom stereocenters. The van der Waals surface area contributed by atoms with Crippen molar-refractivity contribution in [2.75, 3.05) is 33.2 Å². The second-order valence-electron chi connectivity index (χ2n) is 6.48. The van der Waals surface area contributed by atoms with Gasteiger partial charge in [0.15, 0.2) is 0 Å². The van der Waals surface area contributed by atoms with Crippen LogP contribution in [0.25, 0.3) is 0 Å². The number of nitrogens with two attached hydrogens (primary N) is 1. The summed E-state index contributed by atoms with van der Waals surface area (Å²) in [5.41, 5.74) is 6.33. The Morgan fingerprint density at radius 3 is 2.47 bits per heavy atom. The molecule has 0 aromatic rings. The average molecular weight is 239 g/mol. The van der Waals surface area contributed by atoms with Gasteiger partial charge in [-0.25, -0.2) is 0 Å². The molecule has 2 unspecified atom stereocenters. The van der Waals surface area contributed by atoms with Gasteiger partial charge in [0.2, 0.25) is 0 Å². The topological polar surface area (TPSA) is 32.5 Å². The number of likely N-dealkylation sites (N-methyl/N-ethyl adjacent to an activating group) is 1. The van der Waals surface area contributed by atoms with E-state index in [0.717, 1.165) is 12.5 Å². The zero-order chi connectivity index (χ0) is 12.5. The number of hydrogen-bond acceptors (Lipinski definition) is 3. The van der Waals surface area contributed by atoms with Crippen LogP contribution in [0.4, 0.5) is 0 Å². The first-order valence-corrected chi connectivity index (χ1v) is 7.20. The Morgan fingerprint density at radius 1 is 1.29 bits per heavy atom. The van der Waals surface area contributed by atoms with Crippen LogP contribution in [0.1, 0.15) is 39.5 Å². The van der Waals surface area contributed by atoms with Gasteiger partial charge in [-0.3, -0.25) is 4.90 Å². The largest absolute Gasteiger partial charge is 0.329 e. The molecule has 1 saturated heterocycles. The summed E-state index contributed by atoms with van der Waals surface area (Å²) in [6.45, 7) is 9.05. The van der Waals surface area contributed by atoms with Crippen LogP contribution >= 0.6 is 0 Å². The first-order valence-electron chi connectivity index (χ1n) is 7.20. The van der Waals surface area contributed by atoms with E-state index in [9.17, 15) is 0 Å². The first kappa shape index (κ1) is 13.3. The monoisotopic (exact) mass is 239 g/mol. The molecule has 3 nitrogen and oxygen atoms in total. The van der Waals surface area contributed by atoms with E-state index in [2.05, 4.69) is 30.7 Å². The Kier molecular flexibility index (Phi) is 4.11. The van der Waals surface area contributed by atoms with Crippen molar-refractivity contribution >= 4 is 0 Å². The average Bonchev–Trinajstić information content (AvgIpc) is 2.27. The van der Waals surface area contributed by atoms with E-state index in [4.69, 9.17) is 5.73 Å². The van der Waals surface area contributed by atoms with Gasteiger partial charge >= 0.3 is 0 Å². The lowest BCUT2D eigenvalue weighted by Crippen LogP contribution is -2.61. The molecule has 0 aromatic heterocycles. The number of nitrogens with zero attached hydrogens (tertiary/aromatic N) is 2. The number of piperazine rings is 1. The zero-order valence-electron chi connectivity index (χ0n) is 11.8. The van der Waals surface area contributed by atoms with Gasteiger partial charge in [0.1, 0.15) is 0 Å². The Morgan fingerprint density at radius 2 is 2.00 bits per heavy atom. The zero-order valence-corrected chi connectivity index (χ0v) is 11.8. The highest BCUT2D eigenvalue weighted by molar-refractivity contribution is 4.94. The van der Waals surface area contributed by atoms with E-state index in [-0.39, 0.29) is 5.54 Å². The summed E-state index contributed by atoms with van der Waals surface area (Å²) < 4.78 is 0. The fraction of sp³-hybridized carbons (Fsp3) is 1.00. The van der Waals surface area contributed by atoms with Crippen molar-refractivity contribution in [3.63, 3.8) is 0 Å². The van der Waals surface area contributed by atoms with Crippen LogP contribution in [0.2, 0.25) is 0 Å². The molecule has 1 aliphatic carbocycles. The van der Waals surface area contributed by atoms with Crippen molar-refractivity contribution in [3.8, 4) is 0 Å². The predicted octanol–water partition coefficient (Wildman–Crippen LogP) is 1.53. The summed E-state index contributed by atoms with van der Waals surface area (Å²) >= 11 is 0. The minimum Gasteiger partial charge on any atom is -0.329 e. The third-order valence-electron chi connectivity index (χ3n) is 5.12. The second-order valence-corrected chi connectivity index (χ2v) is 6.48. The first-order chi connectivity index (χ1) is 8.05. The van der Waals surface area contributed by atoms with Gasteiger partial charge in [-0.2, -0.15) is 0 Å². The molecule has 2 fully saturated rings. The van der Waals surface area contributed by atoms with E-state index < -0.39 is 0 Å². The highest BCUT2D eigenvalue weighted by Crippen LogP contribution is 2.36. The van der Waals surface area contributed by atoms with Crippen molar-refractivity contribution in [1.82, 2.24) is 9.80 Å². The molecule has 17 heavy (non-hydrogen) atoms. The molecular weight excluding hydrogens is 210 g/mol. The lowest BCUT2D eigenvalue weighted by molar-refractivity contribution is 0.00751. The SMILES string of the molecule is CC1CN(C(C)(CN)CC2CCC2)CCN1C. The molecular formula is C14H29N3. The van der Waals surface area contributed by atoms with Crippen LogP contribution in [0, 0.1) is 5.92 Å². The van der Waals surface area contributed by atoms with Gasteiger partial charge in [-0.1, -0.05) is 19.3 Å².